The van der Waals surface area contributed by atoms with Crippen LogP contribution in [-0.2, 0) is 9.53 Å². The van der Waals surface area contributed by atoms with Gasteiger partial charge in [0.1, 0.15) is 0 Å². The lowest BCUT2D eigenvalue weighted by molar-refractivity contribution is -0.141. The van der Waals surface area contributed by atoms with Crippen LogP contribution in [0.2, 0.25) is 0 Å². The molecule has 3 atom stereocenters. The standard InChI is InChI=1S/C14H25N3O4/c1-10-8-16(2)4-3-12(10)15-14(20)17-5-6-21-11(9-17)7-13(18)19/h10-12H,3-9H2,1-2H3,(H,15,20)(H,18,19). The van der Waals surface area contributed by atoms with E-state index in [2.05, 4.69) is 24.2 Å². The molecule has 0 radical (unpaired) electrons. The summed E-state index contributed by atoms with van der Waals surface area (Å²) in [6.45, 7) is 5.37. The number of carbonyl (C=O) groups is 2. The number of ether oxygens (including phenoxy) is 1. The number of carboxylic acids is 1. The van der Waals surface area contributed by atoms with Gasteiger partial charge in [0.25, 0.3) is 0 Å². The van der Waals surface area contributed by atoms with Gasteiger partial charge in [0.2, 0.25) is 0 Å². The predicted octanol–water partition coefficient (Wildman–Crippen LogP) is 0.212. The van der Waals surface area contributed by atoms with Crippen LogP contribution in [0.4, 0.5) is 4.79 Å². The van der Waals surface area contributed by atoms with E-state index in [0.717, 1.165) is 19.5 Å². The largest absolute Gasteiger partial charge is 0.481 e. The van der Waals surface area contributed by atoms with Crippen molar-refractivity contribution < 1.29 is 19.4 Å². The summed E-state index contributed by atoms with van der Waals surface area (Å²) in [5.74, 6) is -0.477. The quantitative estimate of drug-likeness (QED) is 0.778. The maximum Gasteiger partial charge on any atom is 0.317 e. The first-order chi connectivity index (χ1) is 9.95. The number of carboxylic acid groups (broad SMARTS) is 1. The molecule has 3 unspecified atom stereocenters. The van der Waals surface area contributed by atoms with E-state index in [1.807, 2.05) is 0 Å². The van der Waals surface area contributed by atoms with Crippen molar-refractivity contribution in [1.29, 1.82) is 0 Å². The van der Waals surface area contributed by atoms with E-state index in [-0.39, 0.29) is 18.5 Å². The maximum absolute atomic E-state index is 12.3. The van der Waals surface area contributed by atoms with Crippen LogP contribution in [0.5, 0.6) is 0 Å². The average Bonchev–Trinajstić information content (AvgIpc) is 2.41. The normalized spacial score (nSPS) is 31.0. The number of likely N-dealkylation sites (tertiary alicyclic amines) is 1. The number of hydrogen-bond acceptors (Lipinski definition) is 4. The third-order valence-corrected chi connectivity index (χ3v) is 4.25. The van der Waals surface area contributed by atoms with Crippen LogP contribution in [0.25, 0.3) is 0 Å². The Morgan fingerprint density at radius 1 is 1.33 bits per heavy atom. The third kappa shape index (κ3) is 4.57. The lowest BCUT2D eigenvalue weighted by Crippen LogP contribution is -2.55. The summed E-state index contributed by atoms with van der Waals surface area (Å²) < 4.78 is 5.39. The first kappa shape index (κ1) is 16.0. The van der Waals surface area contributed by atoms with Crippen molar-refractivity contribution in [2.24, 2.45) is 5.92 Å². The summed E-state index contributed by atoms with van der Waals surface area (Å²) in [6.07, 6.45) is 0.484. The van der Waals surface area contributed by atoms with Gasteiger partial charge in [-0.1, -0.05) is 6.92 Å². The molecule has 120 valence electrons. The van der Waals surface area contributed by atoms with Crippen molar-refractivity contribution in [3.8, 4) is 0 Å². The Morgan fingerprint density at radius 2 is 2.10 bits per heavy atom. The SMILES string of the molecule is CC1CN(C)CCC1NC(=O)N1CCOC(CC(=O)O)C1. The van der Waals surface area contributed by atoms with Crippen LogP contribution < -0.4 is 5.32 Å². The van der Waals surface area contributed by atoms with Crippen LogP contribution in [0.3, 0.4) is 0 Å². The zero-order valence-corrected chi connectivity index (χ0v) is 12.7. The number of aliphatic carboxylic acids is 1. The molecule has 21 heavy (non-hydrogen) atoms. The Hall–Kier alpha value is -1.34. The molecule has 7 heteroatoms. The maximum atomic E-state index is 12.3. The smallest absolute Gasteiger partial charge is 0.317 e. The van der Waals surface area contributed by atoms with Crippen molar-refractivity contribution in [3.63, 3.8) is 0 Å². The molecular formula is C14H25N3O4. The van der Waals surface area contributed by atoms with Crippen LogP contribution in [0.15, 0.2) is 0 Å². The molecule has 0 saturated carbocycles. The monoisotopic (exact) mass is 299 g/mol. The van der Waals surface area contributed by atoms with E-state index in [1.165, 1.54) is 0 Å². The molecule has 2 aliphatic rings. The highest BCUT2D eigenvalue weighted by Gasteiger charge is 2.30. The molecule has 2 saturated heterocycles. The van der Waals surface area contributed by atoms with E-state index in [4.69, 9.17) is 9.84 Å². The lowest BCUT2D eigenvalue weighted by atomic mass is 9.94. The number of nitrogens with zero attached hydrogens (tertiary/aromatic N) is 2. The minimum atomic E-state index is -0.897. The van der Waals surface area contributed by atoms with Gasteiger partial charge in [0, 0.05) is 25.7 Å². The molecule has 0 aromatic carbocycles. The van der Waals surface area contributed by atoms with Gasteiger partial charge < -0.3 is 25.0 Å². The zero-order valence-electron chi connectivity index (χ0n) is 12.7. The second-order valence-corrected chi connectivity index (χ2v) is 6.12. The molecule has 0 bridgehead atoms. The minimum absolute atomic E-state index is 0.0611. The molecule has 0 aromatic heterocycles. The molecular weight excluding hydrogens is 274 g/mol. The van der Waals surface area contributed by atoms with Gasteiger partial charge in [-0.3, -0.25) is 4.79 Å². The summed E-state index contributed by atoms with van der Waals surface area (Å²) in [4.78, 5) is 27.0. The fourth-order valence-corrected chi connectivity index (χ4v) is 3.04. The molecule has 0 aliphatic carbocycles. The summed E-state index contributed by atoms with van der Waals surface area (Å²) >= 11 is 0. The van der Waals surface area contributed by atoms with Crippen molar-refractivity contribution in [2.45, 2.75) is 31.9 Å². The van der Waals surface area contributed by atoms with E-state index in [1.54, 1.807) is 4.90 Å². The fraction of sp³-hybridized carbons (Fsp3) is 0.857. The highest BCUT2D eigenvalue weighted by Crippen LogP contribution is 2.16. The van der Waals surface area contributed by atoms with Crippen LogP contribution in [-0.4, -0.2) is 78.9 Å². The van der Waals surface area contributed by atoms with Gasteiger partial charge >= 0.3 is 12.0 Å². The number of nitrogens with one attached hydrogen (secondary N) is 1. The summed E-state index contributed by atoms with van der Waals surface area (Å²) in [5, 5.41) is 11.9. The van der Waals surface area contributed by atoms with Gasteiger partial charge in [-0.05, 0) is 25.9 Å². The summed E-state index contributed by atoms with van der Waals surface area (Å²) in [6, 6.07) is 0.0876. The second kappa shape index (κ2) is 7.09. The highest BCUT2D eigenvalue weighted by atomic mass is 16.5. The topological polar surface area (TPSA) is 82.1 Å². The molecule has 2 aliphatic heterocycles. The zero-order chi connectivity index (χ0) is 15.4. The van der Waals surface area contributed by atoms with Gasteiger partial charge in [-0.2, -0.15) is 0 Å². The van der Waals surface area contributed by atoms with Crippen LogP contribution in [0, 0.1) is 5.92 Å². The Kier molecular flexibility index (Phi) is 5.41. The number of morpholine rings is 1. The molecule has 0 aromatic rings. The average molecular weight is 299 g/mol. The summed E-state index contributed by atoms with van der Waals surface area (Å²) in [5.41, 5.74) is 0. The fourth-order valence-electron chi connectivity index (χ4n) is 3.04. The van der Waals surface area contributed by atoms with E-state index in [9.17, 15) is 9.59 Å². The highest BCUT2D eigenvalue weighted by molar-refractivity contribution is 5.75. The van der Waals surface area contributed by atoms with Gasteiger partial charge in [-0.25, -0.2) is 4.79 Å². The number of urea groups is 1. The van der Waals surface area contributed by atoms with Crippen molar-refractivity contribution >= 4 is 12.0 Å². The molecule has 7 nitrogen and oxygen atoms in total. The number of hydrogen-bond donors (Lipinski definition) is 2. The van der Waals surface area contributed by atoms with Crippen molar-refractivity contribution in [3.05, 3.63) is 0 Å². The van der Waals surface area contributed by atoms with E-state index in [0.29, 0.717) is 25.6 Å². The van der Waals surface area contributed by atoms with Crippen molar-refractivity contribution in [1.82, 2.24) is 15.1 Å². The Bertz CT molecular complexity index is 390. The third-order valence-electron chi connectivity index (χ3n) is 4.25. The molecule has 2 fully saturated rings. The number of piperidine rings is 1. The van der Waals surface area contributed by atoms with Gasteiger partial charge in [0.05, 0.1) is 19.1 Å². The Balaban J connectivity index is 1.83. The van der Waals surface area contributed by atoms with Crippen LogP contribution in [0.1, 0.15) is 19.8 Å². The number of amides is 2. The minimum Gasteiger partial charge on any atom is -0.481 e. The van der Waals surface area contributed by atoms with Crippen LogP contribution >= 0.6 is 0 Å². The lowest BCUT2D eigenvalue weighted by Gasteiger charge is -2.38. The van der Waals surface area contributed by atoms with E-state index < -0.39 is 12.1 Å². The predicted molar refractivity (Wildman–Crippen MR) is 77.2 cm³/mol. The second-order valence-electron chi connectivity index (χ2n) is 6.12. The molecule has 2 amide bonds. The number of carbonyl (C=O) groups excluding carboxylic acids is 1. The Morgan fingerprint density at radius 3 is 2.76 bits per heavy atom. The first-order valence-electron chi connectivity index (χ1n) is 7.53. The first-order valence-corrected chi connectivity index (χ1v) is 7.53. The number of rotatable bonds is 3. The molecule has 2 N–H and O–H groups in total. The molecule has 2 rings (SSSR count). The molecule has 0 spiro atoms. The Labute approximate surface area is 125 Å². The van der Waals surface area contributed by atoms with E-state index >= 15 is 0 Å². The molecule has 2 heterocycles. The van der Waals surface area contributed by atoms with Gasteiger partial charge in [0.15, 0.2) is 0 Å². The van der Waals surface area contributed by atoms with Crippen molar-refractivity contribution in [2.75, 3.05) is 39.8 Å². The van der Waals surface area contributed by atoms with Gasteiger partial charge in [-0.15, -0.1) is 0 Å². The summed E-state index contributed by atoms with van der Waals surface area (Å²) in [7, 11) is 2.09.